The smallest absolute Gasteiger partial charge is 0.255 e. The molecule has 4 aromatic carbocycles. The van der Waals surface area contributed by atoms with Gasteiger partial charge in [0.15, 0.2) is 5.78 Å². The molecule has 0 aliphatic heterocycles. The molecule has 0 atom stereocenters. The topological polar surface area (TPSA) is 84.5 Å². The van der Waals surface area contributed by atoms with Crippen molar-refractivity contribution < 1.29 is 19.1 Å². The Balaban J connectivity index is 1.56. The number of anilines is 2. The van der Waals surface area contributed by atoms with Crippen LogP contribution in [0.2, 0.25) is 0 Å². The Morgan fingerprint density at radius 1 is 0.692 bits per heavy atom. The van der Waals surface area contributed by atoms with E-state index in [9.17, 15) is 14.4 Å². The molecule has 0 aliphatic rings. The van der Waals surface area contributed by atoms with E-state index in [1.165, 1.54) is 12.5 Å². The van der Waals surface area contributed by atoms with E-state index in [0.29, 0.717) is 34.0 Å². The third-order valence-corrected chi connectivity index (χ3v) is 5.88. The number of benzene rings is 4. The molecule has 4 rings (SSSR count). The van der Waals surface area contributed by atoms with Gasteiger partial charge in [0.05, 0.1) is 16.9 Å². The minimum Gasteiger partial charge on any atom is -0.457 e. The van der Waals surface area contributed by atoms with E-state index in [2.05, 4.69) is 31.4 Å². The lowest BCUT2D eigenvalue weighted by atomic mass is 9.88. The number of hydrogen-bond acceptors (Lipinski definition) is 4. The van der Waals surface area contributed by atoms with Crippen molar-refractivity contribution in [3.8, 4) is 11.5 Å². The summed E-state index contributed by atoms with van der Waals surface area (Å²) in [7, 11) is 0. The molecular formula is C33H32N2O4. The van der Waals surface area contributed by atoms with Gasteiger partial charge < -0.3 is 15.4 Å². The van der Waals surface area contributed by atoms with Gasteiger partial charge in [-0.05, 0) is 59.9 Å². The predicted molar refractivity (Wildman–Crippen MR) is 155 cm³/mol. The van der Waals surface area contributed by atoms with Gasteiger partial charge in [0.1, 0.15) is 11.5 Å². The lowest BCUT2D eigenvalue weighted by Crippen LogP contribution is -2.18. The summed E-state index contributed by atoms with van der Waals surface area (Å²) < 4.78 is 6.01. The average Bonchev–Trinajstić information content (AvgIpc) is 2.89. The molecular weight excluding hydrogens is 488 g/mol. The van der Waals surface area contributed by atoms with E-state index >= 15 is 0 Å². The monoisotopic (exact) mass is 520 g/mol. The number of rotatable bonds is 8. The molecule has 0 bridgehead atoms. The molecule has 4 aromatic rings. The molecule has 39 heavy (non-hydrogen) atoms. The maximum atomic E-state index is 13.4. The van der Waals surface area contributed by atoms with Gasteiger partial charge in [-0.25, -0.2) is 0 Å². The molecule has 0 aromatic heterocycles. The van der Waals surface area contributed by atoms with Crippen molar-refractivity contribution in [2.45, 2.75) is 34.1 Å². The fourth-order valence-electron chi connectivity index (χ4n) is 4.25. The zero-order valence-electron chi connectivity index (χ0n) is 22.6. The van der Waals surface area contributed by atoms with Crippen molar-refractivity contribution >= 4 is 29.0 Å². The van der Waals surface area contributed by atoms with Crippen LogP contribution >= 0.6 is 0 Å². The van der Waals surface area contributed by atoms with Crippen molar-refractivity contribution in [1.29, 1.82) is 0 Å². The SMILES string of the molecule is CC(=O)Nc1cccc(NC(=O)c2cccc(Oc3ccc(CC(C)(C)C)cc3)c2)c1C(=O)c1ccccc1. The van der Waals surface area contributed by atoms with Crippen molar-refractivity contribution in [3.05, 3.63) is 119 Å². The second-order valence-electron chi connectivity index (χ2n) is 10.6. The number of carbonyl (C=O) groups is 3. The molecule has 6 heteroatoms. The first kappa shape index (κ1) is 27.3. The lowest BCUT2D eigenvalue weighted by Gasteiger charge is -2.18. The highest BCUT2D eigenvalue weighted by Gasteiger charge is 2.21. The van der Waals surface area contributed by atoms with E-state index in [4.69, 9.17) is 4.74 Å². The molecule has 0 spiro atoms. The molecule has 0 heterocycles. The largest absolute Gasteiger partial charge is 0.457 e. The highest BCUT2D eigenvalue weighted by molar-refractivity contribution is 6.19. The molecule has 0 aliphatic carbocycles. The summed E-state index contributed by atoms with van der Waals surface area (Å²) in [5.41, 5.74) is 3.04. The number of nitrogens with one attached hydrogen (secondary N) is 2. The predicted octanol–water partition coefficient (Wildman–Crippen LogP) is 7.51. The molecule has 2 N–H and O–H groups in total. The molecule has 2 amide bonds. The van der Waals surface area contributed by atoms with Gasteiger partial charge >= 0.3 is 0 Å². The Morgan fingerprint density at radius 3 is 1.95 bits per heavy atom. The van der Waals surface area contributed by atoms with Gasteiger partial charge in [-0.2, -0.15) is 0 Å². The molecule has 6 nitrogen and oxygen atoms in total. The highest BCUT2D eigenvalue weighted by Crippen LogP contribution is 2.29. The van der Waals surface area contributed by atoms with Gasteiger partial charge in [0.25, 0.3) is 5.91 Å². The Hall–Kier alpha value is -4.71. The molecule has 0 fully saturated rings. The second-order valence-corrected chi connectivity index (χ2v) is 10.6. The second kappa shape index (κ2) is 11.8. The molecule has 0 saturated heterocycles. The van der Waals surface area contributed by atoms with Crippen LogP contribution in [-0.2, 0) is 11.2 Å². The summed E-state index contributed by atoms with van der Waals surface area (Å²) in [6.45, 7) is 7.96. The van der Waals surface area contributed by atoms with E-state index in [-0.39, 0.29) is 22.7 Å². The van der Waals surface area contributed by atoms with Crippen LogP contribution in [0.25, 0.3) is 0 Å². The summed E-state index contributed by atoms with van der Waals surface area (Å²) in [4.78, 5) is 38.5. The molecule has 0 unspecified atom stereocenters. The number of carbonyl (C=O) groups excluding carboxylic acids is 3. The zero-order valence-corrected chi connectivity index (χ0v) is 22.6. The van der Waals surface area contributed by atoms with E-state index in [1.807, 2.05) is 30.3 Å². The summed E-state index contributed by atoms with van der Waals surface area (Å²) in [6, 6.07) is 28.4. The maximum absolute atomic E-state index is 13.4. The van der Waals surface area contributed by atoms with Gasteiger partial charge in [-0.15, -0.1) is 0 Å². The Labute approximate surface area is 229 Å². The van der Waals surface area contributed by atoms with Gasteiger partial charge in [-0.3, -0.25) is 14.4 Å². The van der Waals surface area contributed by atoms with Crippen molar-refractivity contribution in [3.63, 3.8) is 0 Å². The third-order valence-electron chi connectivity index (χ3n) is 5.88. The lowest BCUT2D eigenvalue weighted by molar-refractivity contribution is -0.114. The molecule has 0 radical (unpaired) electrons. The zero-order chi connectivity index (χ0) is 28.0. The average molecular weight is 521 g/mol. The minimum atomic E-state index is -0.414. The number of amides is 2. The van der Waals surface area contributed by atoms with Crippen LogP contribution in [0.15, 0.2) is 97.1 Å². The number of ether oxygens (including phenoxy) is 1. The van der Waals surface area contributed by atoms with Crippen LogP contribution in [0, 0.1) is 5.41 Å². The van der Waals surface area contributed by atoms with E-state index in [0.717, 1.165) is 6.42 Å². The van der Waals surface area contributed by atoms with Crippen LogP contribution in [-0.4, -0.2) is 17.6 Å². The minimum absolute atomic E-state index is 0.192. The maximum Gasteiger partial charge on any atom is 0.255 e. The van der Waals surface area contributed by atoms with Crippen LogP contribution in [0.3, 0.4) is 0 Å². The Kier molecular flexibility index (Phi) is 8.25. The van der Waals surface area contributed by atoms with Crippen LogP contribution in [0.1, 0.15) is 59.5 Å². The first-order chi connectivity index (χ1) is 18.6. The van der Waals surface area contributed by atoms with Crippen molar-refractivity contribution in [2.75, 3.05) is 10.6 Å². The van der Waals surface area contributed by atoms with E-state index in [1.54, 1.807) is 66.7 Å². The van der Waals surface area contributed by atoms with Crippen LogP contribution in [0.4, 0.5) is 11.4 Å². The summed E-state index contributed by atoms with van der Waals surface area (Å²) in [6.07, 6.45) is 0.959. The first-order valence-corrected chi connectivity index (χ1v) is 12.8. The quantitative estimate of drug-likeness (QED) is 0.236. The number of ketones is 1. The standard InChI is InChI=1S/C33H32N2O4/c1-22(36)34-28-14-9-15-29(30(28)31(37)24-10-6-5-7-11-24)35-32(38)25-12-8-13-27(20-25)39-26-18-16-23(17-19-26)21-33(2,3)4/h5-20H,21H2,1-4H3,(H,34,36)(H,35,38). The molecule has 0 saturated carbocycles. The fraction of sp³-hybridized carbons (Fsp3) is 0.182. The normalized spacial score (nSPS) is 11.0. The number of hydrogen-bond donors (Lipinski definition) is 2. The van der Waals surface area contributed by atoms with Crippen LogP contribution < -0.4 is 15.4 Å². The van der Waals surface area contributed by atoms with Gasteiger partial charge in [0, 0.05) is 18.1 Å². The summed E-state index contributed by atoms with van der Waals surface area (Å²) >= 11 is 0. The summed E-state index contributed by atoms with van der Waals surface area (Å²) in [5, 5.41) is 5.54. The van der Waals surface area contributed by atoms with Crippen LogP contribution in [0.5, 0.6) is 11.5 Å². The van der Waals surface area contributed by atoms with Gasteiger partial charge in [-0.1, -0.05) is 75.4 Å². The first-order valence-electron chi connectivity index (χ1n) is 12.8. The third kappa shape index (κ3) is 7.42. The Morgan fingerprint density at radius 2 is 1.31 bits per heavy atom. The highest BCUT2D eigenvalue weighted by atomic mass is 16.5. The molecule has 198 valence electrons. The van der Waals surface area contributed by atoms with Crippen molar-refractivity contribution in [2.24, 2.45) is 5.41 Å². The summed E-state index contributed by atoms with van der Waals surface area (Å²) in [5.74, 6) is 0.130. The van der Waals surface area contributed by atoms with Gasteiger partial charge in [0.2, 0.25) is 5.91 Å². The Bertz CT molecular complexity index is 1490. The van der Waals surface area contributed by atoms with E-state index < -0.39 is 5.91 Å². The van der Waals surface area contributed by atoms with Crippen molar-refractivity contribution in [1.82, 2.24) is 0 Å². The fourth-order valence-corrected chi connectivity index (χ4v) is 4.25.